The highest BCUT2D eigenvalue weighted by Crippen LogP contribution is 2.23. The highest BCUT2D eigenvalue weighted by molar-refractivity contribution is 5.93. The summed E-state index contributed by atoms with van der Waals surface area (Å²) in [7, 11) is 0. The Balaban J connectivity index is 1.88. The van der Waals surface area contributed by atoms with E-state index in [1.807, 2.05) is 43.3 Å². The van der Waals surface area contributed by atoms with Gasteiger partial charge in [0, 0.05) is 6.42 Å². The SMILES string of the molecule is CCCCCCOc1ccc(-c2ccc(C(=O)OC(C)C(=O)CCCC)cc2)cc1. The van der Waals surface area contributed by atoms with Crippen LogP contribution in [0.15, 0.2) is 48.5 Å². The summed E-state index contributed by atoms with van der Waals surface area (Å²) in [6.45, 7) is 6.61. The molecule has 4 heteroatoms. The molecule has 0 amide bonds. The number of ether oxygens (including phenoxy) is 2. The molecule has 1 unspecified atom stereocenters. The van der Waals surface area contributed by atoms with Gasteiger partial charge < -0.3 is 9.47 Å². The number of Topliss-reactive ketones (excluding diaryl/α,β-unsaturated/α-hetero) is 1. The average Bonchev–Trinajstić information content (AvgIpc) is 2.77. The maximum absolute atomic E-state index is 12.3. The maximum Gasteiger partial charge on any atom is 0.338 e. The number of carbonyl (C=O) groups is 2. The summed E-state index contributed by atoms with van der Waals surface area (Å²) in [4.78, 5) is 24.3. The third kappa shape index (κ3) is 7.66. The summed E-state index contributed by atoms with van der Waals surface area (Å²) in [5.74, 6) is 0.373. The smallest absolute Gasteiger partial charge is 0.338 e. The minimum Gasteiger partial charge on any atom is -0.494 e. The summed E-state index contributed by atoms with van der Waals surface area (Å²) in [5.41, 5.74) is 2.51. The predicted octanol–water partition coefficient (Wildman–Crippen LogP) is 6.62. The van der Waals surface area contributed by atoms with E-state index < -0.39 is 12.1 Å². The molecule has 0 heterocycles. The molecule has 0 fully saturated rings. The monoisotopic (exact) mass is 410 g/mol. The second-order valence-electron chi connectivity index (χ2n) is 7.63. The first kappa shape index (κ1) is 23.7. The van der Waals surface area contributed by atoms with Crippen molar-refractivity contribution < 1.29 is 19.1 Å². The fourth-order valence-corrected chi connectivity index (χ4v) is 3.11. The van der Waals surface area contributed by atoms with Crippen LogP contribution in [0.25, 0.3) is 11.1 Å². The third-order valence-electron chi connectivity index (χ3n) is 5.09. The van der Waals surface area contributed by atoms with Crippen molar-refractivity contribution >= 4 is 11.8 Å². The van der Waals surface area contributed by atoms with E-state index in [1.165, 1.54) is 19.3 Å². The van der Waals surface area contributed by atoms with E-state index in [-0.39, 0.29) is 5.78 Å². The van der Waals surface area contributed by atoms with Crippen molar-refractivity contribution in [2.45, 2.75) is 71.8 Å². The van der Waals surface area contributed by atoms with Gasteiger partial charge in [-0.25, -0.2) is 4.79 Å². The predicted molar refractivity (Wildman–Crippen MR) is 121 cm³/mol. The number of ketones is 1. The van der Waals surface area contributed by atoms with E-state index in [2.05, 4.69) is 6.92 Å². The summed E-state index contributed by atoms with van der Waals surface area (Å²) in [6, 6.07) is 15.2. The van der Waals surface area contributed by atoms with Crippen LogP contribution >= 0.6 is 0 Å². The van der Waals surface area contributed by atoms with Crippen LogP contribution in [-0.2, 0) is 9.53 Å². The van der Waals surface area contributed by atoms with Gasteiger partial charge in [0.25, 0.3) is 0 Å². The Hall–Kier alpha value is -2.62. The van der Waals surface area contributed by atoms with Crippen molar-refractivity contribution in [1.82, 2.24) is 0 Å². The average molecular weight is 411 g/mol. The van der Waals surface area contributed by atoms with Crippen LogP contribution in [0.5, 0.6) is 5.75 Å². The zero-order chi connectivity index (χ0) is 21.8. The molecular weight excluding hydrogens is 376 g/mol. The highest BCUT2D eigenvalue weighted by Gasteiger charge is 2.18. The molecule has 0 N–H and O–H groups in total. The Morgan fingerprint density at radius 3 is 2.00 bits per heavy atom. The zero-order valence-corrected chi connectivity index (χ0v) is 18.5. The van der Waals surface area contributed by atoms with Gasteiger partial charge in [-0.1, -0.05) is 63.8 Å². The number of hydrogen-bond acceptors (Lipinski definition) is 4. The molecule has 2 aromatic carbocycles. The van der Waals surface area contributed by atoms with Crippen molar-refractivity contribution in [3.05, 3.63) is 54.1 Å². The fourth-order valence-electron chi connectivity index (χ4n) is 3.11. The van der Waals surface area contributed by atoms with Gasteiger partial charge in [0.1, 0.15) is 5.75 Å². The van der Waals surface area contributed by atoms with Crippen LogP contribution in [0.3, 0.4) is 0 Å². The second-order valence-corrected chi connectivity index (χ2v) is 7.63. The molecule has 2 rings (SSSR count). The quantitative estimate of drug-likeness (QED) is 0.275. The number of carbonyl (C=O) groups excluding carboxylic acids is 2. The molecule has 0 bridgehead atoms. The molecule has 0 spiro atoms. The molecule has 0 radical (unpaired) electrons. The maximum atomic E-state index is 12.3. The third-order valence-corrected chi connectivity index (χ3v) is 5.09. The van der Waals surface area contributed by atoms with Crippen molar-refractivity contribution in [2.75, 3.05) is 6.61 Å². The van der Waals surface area contributed by atoms with Gasteiger partial charge in [-0.3, -0.25) is 4.79 Å². The summed E-state index contributed by atoms with van der Waals surface area (Å²) in [5, 5.41) is 0. The number of esters is 1. The number of benzene rings is 2. The van der Waals surface area contributed by atoms with Gasteiger partial charge in [0.05, 0.1) is 12.2 Å². The van der Waals surface area contributed by atoms with Gasteiger partial charge in [0.15, 0.2) is 11.9 Å². The Kier molecular flexibility index (Phi) is 10.1. The lowest BCUT2D eigenvalue weighted by Gasteiger charge is -2.12. The largest absolute Gasteiger partial charge is 0.494 e. The first-order valence-corrected chi connectivity index (χ1v) is 11.1. The Morgan fingerprint density at radius 2 is 1.40 bits per heavy atom. The van der Waals surface area contributed by atoms with E-state index >= 15 is 0 Å². The molecule has 0 saturated heterocycles. The molecule has 30 heavy (non-hydrogen) atoms. The number of rotatable bonds is 13. The molecule has 0 aliphatic carbocycles. The van der Waals surface area contributed by atoms with Gasteiger partial charge in [-0.15, -0.1) is 0 Å². The van der Waals surface area contributed by atoms with Crippen molar-refractivity contribution in [3.8, 4) is 16.9 Å². The van der Waals surface area contributed by atoms with Crippen LogP contribution < -0.4 is 4.74 Å². The number of unbranched alkanes of at least 4 members (excludes halogenated alkanes) is 4. The Bertz CT molecular complexity index is 778. The van der Waals surface area contributed by atoms with Crippen LogP contribution in [-0.4, -0.2) is 24.5 Å². The van der Waals surface area contributed by atoms with Crippen LogP contribution in [0.4, 0.5) is 0 Å². The van der Waals surface area contributed by atoms with Gasteiger partial charge in [0.2, 0.25) is 0 Å². The molecule has 1 atom stereocenters. The topological polar surface area (TPSA) is 52.6 Å². The van der Waals surface area contributed by atoms with Crippen LogP contribution in [0.2, 0.25) is 0 Å². The molecule has 162 valence electrons. The standard InChI is InChI=1S/C26H34O4/c1-4-6-8-9-19-29-24-17-15-22(16-18-24)21-11-13-23(14-12-21)26(28)30-20(3)25(27)10-7-5-2/h11-18,20H,4-10,19H2,1-3H3. The van der Waals surface area contributed by atoms with Gasteiger partial charge in [-0.2, -0.15) is 0 Å². The summed E-state index contributed by atoms with van der Waals surface area (Å²) in [6.07, 6.45) is 6.25. The molecule has 0 saturated carbocycles. The molecule has 0 aliphatic heterocycles. The van der Waals surface area contributed by atoms with Crippen molar-refractivity contribution in [2.24, 2.45) is 0 Å². The molecule has 0 aliphatic rings. The van der Waals surface area contributed by atoms with Crippen molar-refractivity contribution in [1.29, 1.82) is 0 Å². The lowest BCUT2D eigenvalue weighted by molar-refractivity contribution is -0.127. The summed E-state index contributed by atoms with van der Waals surface area (Å²) >= 11 is 0. The summed E-state index contributed by atoms with van der Waals surface area (Å²) < 4.78 is 11.1. The highest BCUT2D eigenvalue weighted by atomic mass is 16.5. The van der Waals surface area contributed by atoms with E-state index in [4.69, 9.17) is 9.47 Å². The lowest BCUT2D eigenvalue weighted by Crippen LogP contribution is -2.24. The Labute approximate surface area is 180 Å². The first-order valence-electron chi connectivity index (χ1n) is 11.1. The minimum absolute atomic E-state index is 0.0329. The van der Waals surface area contributed by atoms with E-state index in [1.54, 1.807) is 19.1 Å². The molecule has 2 aromatic rings. The molecule has 4 nitrogen and oxygen atoms in total. The van der Waals surface area contributed by atoms with E-state index in [0.717, 1.165) is 42.7 Å². The second kappa shape index (κ2) is 12.8. The van der Waals surface area contributed by atoms with Crippen LogP contribution in [0.1, 0.15) is 76.1 Å². The van der Waals surface area contributed by atoms with Crippen LogP contribution in [0, 0.1) is 0 Å². The first-order chi connectivity index (χ1) is 14.5. The normalized spacial score (nSPS) is 11.7. The van der Waals surface area contributed by atoms with Crippen molar-refractivity contribution in [3.63, 3.8) is 0 Å². The minimum atomic E-state index is -0.710. The molecule has 0 aromatic heterocycles. The lowest BCUT2D eigenvalue weighted by atomic mass is 10.0. The van der Waals surface area contributed by atoms with Gasteiger partial charge in [-0.05, 0) is 55.2 Å². The van der Waals surface area contributed by atoms with E-state index in [0.29, 0.717) is 12.0 Å². The fraction of sp³-hybridized carbons (Fsp3) is 0.462. The van der Waals surface area contributed by atoms with E-state index in [9.17, 15) is 9.59 Å². The van der Waals surface area contributed by atoms with Gasteiger partial charge >= 0.3 is 5.97 Å². The Morgan fingerprint density at radius 1 is 0.800 bits per heavy atom. The number of hydrogen-bond donors (Lipinski definition) is 0. The zero-order valence-electron chi connectivity index (χ0n) is 18.5. The molecular formula is C26H34O4.